The molecule has 3 rings (SSSR count). The monoisotopic (exact) mass is 400 g/mol. The second-order valence-electron chi connectivity index (χ2n) is 6.93. The molecule has 1 amide bonds. The molecule has 0 bridgehead atoms. The maximum atomic E-state index is 12.6. The minimum absolute atomic E-state index is 0.0107. The predicted octanol–water partition coefficient (Wildman–Crippen LogP) is 2.81. The molecule has 8 heteroatoms. The Morgan fingerprint density at radius 1 is 1.31 bits per heavy atom. The Balaban J connectivity index is 1.62. The number of halogens is 1. The summed E-state index contributed by atoms with van der Waals surface area (Å²) < 4.78 is 33.1. The Kier molecular flexibility index (Phi) is 6.10. The first-order valence-electron chi connectivity index (χ1n) is 9.12. The van der Waals surface area contributed by atoms with E-state index in [1.54, 1.807) is 0 Å². The van der Waals surface area contributed by atoms with Crippen LogP contribution in [-0.4, -0.2) is 45.0 Å². The first-order chi connectivity index (χ1) is 12.4. The fourth-order valence-corrected chi connectivity index (χ4v) is 5.05. The highest BCUT2D eigenvalue weighted by molar-refractivity contribution is 7.89. The van der Waals surface area contributed by atoms with E-state index in [2.05, 4.69) is 4.72 Å². The van der Waals surface area contributed by atoms with Gasteiger partial charge in [-0.05, 0) is 37.8 Å². The minimum Gasteiger partial charge on any atom is -0.492 e. The van der Waals surface area contributed by atoms with E-state index in [1.165, 1.54) is 31.0 Å². The van der Waals surface area contributed by atoms with Gasteiger partial charge in [-0.15, -0.1) is 0 Å². The van der Waals surface area contributed by atoms with Gasteiger partial charge in [-0.25, -0.2) is 13.1 Å². The zero-order valence-corrected chi connectivity index (χ0v) is 16.5. The molecule has 0 radical (unpaired) electrons. The molecule has 6 nitrogen and oxygen atoms in total. The van der Waals surface area contributed by atoms with Crippen LogP contribution in [0.15, 0.2) is 23.1 Å². The van der Waals surface area contributed by atoms with Gasteiger partial charge >= 0.3 is 0 Å². The Morgan fingerprint density at radius 3 is 2.73 bits per heavy atom. The SMILES string of the molecule is CCOc1cc(S(=O)(=O)NC[C@H]2CC(=O)N(C3CCCC3)C2)ccc1Cl. The van der Waals surface area contributed by atoms with E-state index in [-0.39, 0.29) is 23.3 Å². The van der Waals surface area contributed by atoms with E-state index in [0.717, 1.165) is 12.8 Å². The van der Waals surface area contributed by atoms with E-state index < -0.39 is 10.0 Å². The van der Waals surface area contributed by atoms with Gasteiger partial charge in [-0.1, -0.05) is 24.4 Å². The Morgan fingerprint density at radius 2 is 2.04 bits per heavy atom. The van der Waals surface area contributed by atoms with Crippen LogP contribution >= 0.6 is 11.6 Å². The molecule has 1 heterocycles. The third-order valence-electron chi connectivity index (χ3n) is 5.08. The Labute approximate surface area is 159 Å². The number of likely N-dealkylation sites (tertiary alicyclic amines) is 1. The highest BCUT2D eigenvalue weighted by Gasteiger charge is 2.35. The van der Waals surface area contributed by atoms with Crippen molar-refractivity contribution in [2.24, 2.45) is 5.92 Å². The van der Waals surface area contributed by atoms with E-state index >= 15 is 0 Å². The quantitative estimate of drug-likeness (QED) is 0.763. The predicted molar refractivity (Wildman–Crippen MR) is 99.9 cm³/mol. The molecule has 1 N–H and O–H groups in total. The van der Waals surface area contributed by atoms with Crippen LogP contribution in [0.25, 0.3) is 0 Å². The lowest BCUT2D eigenvalue weighted by molar-refractivity contribution is -0.129. The largest absolute Gasteiger partial charge is 0.492 e. The molecular formula is C18H25ClN2O4S. The van der Waals surface area contributed by atoms with Gasteiger partial charge in [-0.3, -0.25) is 4.79 Å². The molecule has 2 aliphatic rings. The molecule has 1 saturated carbocycles. The number of hydrogen-bond donors (Lipinski definition) is 1. The van der Waals surface area contributed by atoms with Gasteiger partial charge in [0.1, 0.15) is 5.75 Å². The highest BCUT2D eigenvalue weighted by atomic mass is 35.5. The number of nitrogens with one attached hydrogen (secondary N) is 1. The average Bonchev–Trinajstić information content (AvgIpc) is 3.24. The van der Waals surface area contributed by atoms with Gasteiger partial charge in [0, 0.05) is 31.6 Å². The zero-order chi connectivity index (χ0) is 18.7. The number of sulfonamides is 1. The normalized spacial score (nSPS) is 21.5. The summed E-state index contributed by atoms with van der Waals surface area (Å²) in [5.74, 6) is 0.503. The minimum atomic E-state index is -3.68. The fraction of sp³-hybridized carbons (Fsp3) is 0.611. The lowest BCUT2D eigenvalue weighted by Crippen LogP contribution is -2.36. The molecule has 26 heavy (non-hydrogen) atoms. The number of hydrogen-bond acceptors (Lipinski definition) is 4. The van der Waals surface area contributed by atoms with E-state index in [4.69, 9.17) is 16.3 Å². The smallest absolute Gasteiger partial charge is 0.240 e. The van der Waals surface area contributed by atoms with E-state index in [0.29, 0.717) is 36.4 Å². The summed E-state index contributed by atoms with van der Waals surface area (Å²) in [6.45, 7) is 3.10. The third kappa shape index (κ3) is 4.32. The average molecular weight is 401 g/mol. The second-order valence-corrected chi connectivity index (χ2v) is 9.11. The molecule has 1 aliphatic carbocycles. The second kappa shape index (κ2) is 8.15. The summed E-state index contributed by atoms with van der Waals surface area (Å²) in [5, 5.41) is 0.374. The van der Waals surface area contributed by atoms with Crippen LogP contribution in [0.2, 0.25) is 5.02 Å². The first kappa shape index (κ1) is 19.5. The molecule has 0 spiro atoms. The summed E-state index contributed by atoms with van der Waals surface area (Å²) in [6.07, 6.45) is 4.88. The molecule has 1 aromatic carbocycles. The van der Waals surface area contributed by atoms with Crippen LogP contribution in [0.4, 0.5) is 0 Å². The maximum Gasteiger partial charge on any atom is 0.240 e. The van der Waals surface area contributed by atoms with Gasteiger partial charge in [0.2, 0.25) is 15.9 Å². The molecule has 0 aromatic heterocycles. The summed E-state index contributed by atoms with van der Waals surface area (Å²) >= 11 is 6.02. The number of carbonyl (C=O) groups excluding carboxylic acids is 1. The van der Waals surface area contributed by atoms with Crippen molar-refractivity contribution < 1.29 is 17.9 Å². The zero-order valence-electron chi connectivity index (χ0n) is 14.9. The van der Waals surface area contributed by atoms with Crippen molar-refractivity contribution in [1.29, 1.82) is 0 Å². The van der Waals surface area contributed by atoms with Crippen LogP contribution in [-0.2, 0) is 14.8 Å². The molecule has 1 aliphatic heterocycles. The van der Waals surface area contributed by atoms with Crippen LogP contribution in [0.5, 0.6) is 5.75 Å². The molecule has 0 unspecified atom stereocenters. The number of amides is 1. The summed E-state index contributed by atoms with van der Waals surface area (Å²) in [6, 6.07) is 4.74. The number of carbonyl (C=O) groups is 1. The van der Waals surface area contributed by atoms with Gasteiger partial charge in [0.25, 0.3) is 0 Å². The Bertz CT molecular complexity index is 762. The maximum absolute atomic E-state index is 12.6. The number of ether oxygens (including phenoxy) is 1. The van der Waals surface area contributed by atoms with Crippen LogP contribution in [0.3, 0.4) is 0 Å². The van der Waals surface area contributed by atoms with E-state index in [9.17, 15) is 13.2 Å². The highest BCUT2D eigenvalue weighted by Crippen LogP contribution is 2.30. The molecule has 2 fully saturated rings. The summed E-state index contributed by atoms with van der Waals surface area (Å²) in [4.78, 5) is 14.3. The number of nitrogens with zero attached hydrogens (tertiary/aromatic N) is 1. The van der Waals surface area contributed by atoms with Gasteiger partial charge in [-0.2, -0.15) is 0 Å². The molecular weight excluding hydrogens is 376 g/mol. The van der Waals surface area contributed by atoms with Crippen LogP contribution < -0.4 is 9.46 Å². The van der Waals surface area contributed by atoms with E-state index in [1.807, 2.05) is 11.8 Å². The van der Waals surface area contributed by atoms with Gasteiger partial charge in [0.05, 0.1) is 16.5 Å². The fourth-order valence-electron chi connectivity index (χ4n) is 3.74. The lowest BCUT2D eigenvalue weighted by atomic mass is 10.1. The van der Waals surface area contributed by atoms with Crippen molar-refractivity contribution in [3.63, 3.8) is 0 Å². The lowest BCUT2D eigenvalue weighted by Gasteiger charge is -2.24. The molecule has 1 atom stereocenters. The van der Waals surface area contributed by atoms with Crippen molar-refractivity contribution in [2.45, 2.75) is 50.0 Å². The standard InChI is InChI=1S/C18H25ClN2O4S/c1-2-25-17-10-15(7-8-16(17)19)26(23,24)20-11-13-9-18(22)21(12-13)14-5-3-4-6-14/h7-8,10,13-14,20H,2-6,9,11-12H2,1H3/t13-/m1/s1. The van der Waals surface area contributed by atoms with Crippen molar-refractivity contribution >= 4 is 27.5 Å². The molecule has 1 aromatic rings. The molecule has 144 valence electrons. The van der Waals surface area contributed by atoms with Gasteiger partial charge < -0.3 is 9.64 Å². The number of benzene rings is 1. The van der Waals surface area contributed by atoms with Crippen LogP contribution in [0.1, 0.15) is 39.0 Å². The van der Waals surface area contributed by atoms with Crippen LogP contribution in [0, 0.1) is 5.92 Å². The van der Waals surface area contributed by atoms with Crippen molar-refractivity contribution in [3.05, 3.63) is 23.2 Å². The Hall–Kier alpha value is -1.31. The van der Waals surface area contributed by atoms with Crippen molar-refractivity contribution in [2.75, 3.05) is 19.7 Å². The van der Waals surface area contributed by atoms with Gasteiger partial charge in [0.15, 0.2) is 0 Å². The van der Waals surface area contributed by atoms with Crippen molar-refractivity contribution in [3.8, 4) is 5.75 Å². The third-order valence-corrected chi connectivity index (χ3v) is 6.81. The summed E-state index contributed by atoms with van der Waals surface area (Å²) in [5.41, 5.74) is 0. The van der Waals surface area contributed by atoms with Crippen molar-refractivity contribution in [1.82, 2.24) is 9.62 Å². The first-order valence-corrected chi connectivity index (χ1v) is 11.0. The topological polar surface area (TPSA) is 75.7 Å². The molecule has 1 saturated heterocycles. The number of rotatable bonds is 7. The summed E-state index contributed by atoms with van der Waals surface area (Å²) in [7, 11) is -3.68.